The van der Waals surface area contributed by atoms with Gasteiger partial charge >= 0.3 is 14.5 Å². The second-order valence-corrected chi connectivity index (χ2v) is 15.2. The van der Waals surface area contributed by atoms with E-state index >= 15 is 4.39 Å². The third kappa shape index (κ3) is 4.80. The summed E-state index contributed by atoms with van der Waals surface area (Å²) >= 11 is 5.27. The molecule has 4 aromatic rings. The van der Waals surface area contributed by atoms with Crippen molar-refractivity contribution >= 4 is 60.3 Å². The molecule has 24 heteroatoms. The number of alkyl halides is 1. The normalized spacial score (nSPS) is 39.7. The molecule has 4 aliphatic heterocycles. The Morgan fingerprint density at radius 1 is 1.04 bits per heavy atom. The second kappa shape index (κ2) is 10.5. The van der Waals surface area contributed by atoms with Gasteiger partial charge in [0.2, 0.25) is 5.95 Å². The number of hydrogen-bond donors (Lipinski definition) is 5. The number of nitrogens with one attached hydrogen (secondary N) is 1. The minimum atomic E-state index is -4.98. The first-order valence-electron chi connectivity index (χ1n) is 13.5. The molecular weight excluding hydrogens is 679 g/mol. The van der Waals surface area contributed by atoms with Gasteiger partial charge in [0.15, 0.2) is 35.4 Å². The van der Waals surface area contributed by atoms with Crippen molar-refractivity contribution in [1.82, 2.24) is 34.1 Å². The van der Waals surface area contributed by atoms with Crippen LogP contribution >= 0.6 is 14.5 Å². The third-order valence-corrected chi connectivity index (χ3v) is 10.6. The van der Waals surface area contributed by atoms with Crippen LogP contribution in [0.4, 0.5) is 16.0 Å². The Labute approximate surface area is 260 Å². The van der Waals surface area contributed by atoms with Gasteiger partial charge in [-0.3, -0.25) is 32.5 Å². The Balaban J connectivity index is 1.14. The summed E-state index contributed by atoms with van der Waals surface area (Å²) < 4.78 is 72.1. The Hall–Kier alpha value is -2.98. The number of aromatic amines is 1. The first kappa shape index (κ1) is 30.4. The summed E-state index contributed by atoms with van der Waals surface area (Å²) in [5.41, 5.74) is 10.2. The topological polar surface area (TPSA) is 268 Å². The summed E-state index contributed by atoms with van der Waals surface area (Å²) in [7, 11) is -4.98. The number of rotatable bonds is 2. The fraction of sp³-hybridized carbons (Fsp3) is 0.500. The van der Waals surface area contributed by atoms with Crippen LogP contribution in [0, 0.1) is 0 Å². The minimum absolute atomic E-state index is 0.0948. The number of ether oxygens (including phenoxy) is 3. The lowest BCUT2D eigenvalue weighted by Crippen LogP contribution is -2.45. The van der Waals surface area contributed by atoms with Gasteiger partial charge in [0.25, 0.3) is 5.56 Å². The lowest BCUT2D eigenvalue weighted by atomic mass is 10.0. The molecule has 0 spiro atoms. The van der Waals surface area contributed by atoms with Gasteiger partial charge in [-0.2, -0.15) is 4.98 Å². The number of nitrogens with zero attached hydrogens (tertiary/aromatic N) is 6. The van der Waals surface area contributed by atoms with Gasteiger partial charge in [-0.1, -0.05) is 0 Å². The number of hydrogen-bond acceptors (Lipinski definition) is 16. The van der Waals surface area contributed by atoms with Crippen molar-refractivity contribution in [3.63, 3.8) is 0 Å². The van der Waals surface area contributed by atoms with Crippen molar-refractivity contribution < 1.29 is 51.0 Å². The summed E-state index contributed by atoms with van der Waals surface area (Å²) in [6.45, 7) is -5.96. The van der Waals surface area contributed by atoms with Crippen LogP contribution in [0.2, 0.25) is 0 Å². The Bertz CT molecular complexity index is 2030. The van der Waals surface area contributed by atoms with Crippen molar-refractivity contribution in [1.29, 1.82) is 0 Å². The van der Waals surface area contributed by atoms with E-state index in [1.54, 1.807) is 6.07 Å². The Kier molecular flexibility index (Phi) is 6.94. The van der Waals surface area contributed by atoms with Crippen molar-refractivity contribution in [2.45, 2.75) is 48.6 Å². The smallest absolute Gasteiger partial charge is 0.397 e. The SMILES string of the molecule is Nc1nc2c(ncn2[C@@H]2O[C@@H]3COP(=O)(O)O[C@H]4[C@H]5OC[C@]4(COP(O)(=S)O[C@@H]2[C@H]3F)O[C@H]5n2cnc3c(N)ccnc32)c(=O)[nH]1. The van der Waals surface area contributed by atoms with Crippen molar-refractivity contribution in [3.8, 4) is 0 Å². The zero-order chi connectivity index (χ0) is 32.2. The molecule has 0 aromatic carbocycles. The molecule has 8 heterocycles. The van der Waals surface area contributed by atoms with Gasteiger partial charge < -0.3 is 40.0 Å². The molecule has 4 aromatic heterocycles. The molecule has 8 rings (SSSR count). The number of imidazole rings is 2. The van der Waals surface area contributed by atoms with Crippen molar-refractivity contribution in [2.24, 2.45) is 0 Å². The molecule has 10 atom stereocenters. The van der Waals surface area contributed by atoms with Gasteiger partial charge in [0, 0.05) is 6.20 Å². The van der Waals surface area contributed by atoms with E-state index in [1.165, 1.54) is 17.1 Å². The molecule has 2 unspecified atom stereocenters. The fourth-order valence-electron chi connectivity index (χ4n) is 6.03. The molecule has 4 aliphatic rings. The first-order chi connectivity index (χ1) is 21.8. The third-order valence-electron chi connectivity index (χ3n) is 8.10. The number of phosphoric ester groups is 1. The van der Waals surface area contributed by atoms with E-state index in [1.807, 2.05) is 0 Å². The van der Waals surface area contributed by atoms with E-state index in [0.717, 1.165) is 10.9 Å². The molecule has 4 saturated heterocycles. The highest BCUT2D eigenvalue weighted by Crippen LogP contribution is 2.58. The van der Waals surface area contributed by atoms with Gasteiger partial charge in [0.05, 0.1) is 38.2 Å². The van der Waals surface area contributed by atoms with E-state index in [9.17, 15) is 19.1 Å². The summed E-state index contributed by atoms with van der Waals surface area (Å²) in [4.78, 5) is 53.2. The molecule has 246 valence electrons. The van der Waals surface area contributed by atoms with Crippen LogP contribution in [0.3, 0.4) is 0 Å². The number of aromatic nitrogens is 7. The highest BCUT2D eigenvalue weighted by molar-refractivity contribution is 8.07. The van der Waals surface area contributed by atoms with Crippen LogP contribution in [-0.4, -0.2) is 99.9 Å². The van der Waals surface area contributed by atoms with Crippen molar-refractivity contribution in [3.05, 3.63) is 35.3 Å². The zero-order valence-corrected chi connectivity index (χ0v) is 25.7. The molecule has 0 aliphatic carbocycles. The van der Waals surface area contributed by atoms with E-state index in [2.05, 4.69) is 24.9 Å². The highest BCUT2D eigenvalue weighted by Gasteiger charge is 2.66. The molecule has 0 radical (unpaired) electrons. The molecule has 46 heavy (non-hydrogen) atoms. The summed E-state index contributed by atoms with van der Waals surface area (Å²) in [5, 5.41) is 0. The Morgan fingerprint density at radius 3 is 2.61 bits per heavy atom. The number of pyridine rings is 1. The maximum Gasteiger partial charge on any atom is 0.472 e. The van der Waals surface area contributed by atoms with Crippen LogP contribution in [0.1, 0.15) is 12.5 Å². The fourth-order valence-corrected chi connectivity index (χ4v) is 8.45. The Morgan fingerprint density at radius 2 is 1.80 bits per heavy atom. The summed E-state index contributed by atoms with van der Waals surface area (Å²) in [5.74, 6) is -0.258. The molecular formula is C22H24FN9O11P2S. The number of nitrogen functional groups attached to an aromatic ring is 2. The predicted molar refractivity (Wildman–Crippen MR) is 154 cm³/mol. The largest absolute Gasteiger partial charge is 0.472 e. The zero-order valence-electron chi connectivity index (χ0n) is 23.1. The van der Waals surface area contributed by atoms with Gasteiger partial charge in [-0.25, -0.2) is 23.9 Å². The lowest BCUT2D eigenvalue weighted by Gasteiger charge is -2.33. The van der Waals surface area contributed by atoms with E-state index in [4.69, 9.17) is 55.6 Å². The van der Waals surface area contributed by atoms with Gasteiger partial charge in [-0.05, 0) is 17.9 Å². The number of nitrogens with two attached hydrogens (primary N) is 2. The number of fused-ring (bicyclic) bond motifs is 4. The molecule has 4 fully saturated rings. The van der Waals surface area contributed by atoms with E-state index < -0.39 is 82.0 Å². The molecule has 0 amide bonds. The van der Waals surface area contributed by atoms with E-state index in [0.29, 0.717) is 16.9 Å². The van der Waals surface area contributed by atoms with Gasteiger partial charge in [0.1, 0.15) is 35.5 Å². The number of H-pyrrole nitrogens is 1. The van der Waals surface area contributed by atoms with Crippen LogP contribution in [0.25, 0.3) is 22.3 Å². The van der Waals surface area contributed by atoms with Crippen LogP contribution in [-0.2, 0) is 48.7 Å². The number of phosphoric acid groups is 1. The summed E-state index contributed by atoms with van der Waals surface area (Å²) in [6, 6.07) is 1.57. The predicted octanol–water partition coefficient (Wildman–Crippen LogP) is -0.235. The van der Waals surface area contributed by atoms with Crippen molar-refractivity contribution in [2.75, 3.05) is 31.3 Å². The molecule has 0 saturated carbocycles. The summed E-state index contributed by atoms with van der Waals surface area (Å²) in [6.07, 6.45) is -6.17. The second-order valence-electron chi connectivity index (χ2n) is 11.0. The van der Waals surface area contributed by atoms with Gasteiger partial charge in [-0.15, -0.1) is 0 Å². The average Bonchev–Trinajstić information content (AvgIpc) is 3.80. The number of halogens is 1. The van der Waals surface area contributed by atoms with E-state index in [-0.39, 0.29) is 23.7 Å². The maximum atomic E-state index is 15.9. The van der Waals surface area contributed by atoms with Crippen LogP contribution in [0.5, 0.6) is 0 Å². The average molecular weight is 703 g/mol. The standard InChI is InChI=1S/C22H24FN9O11P2S/c23-10-9-3-38-44(34,35)43-15-14-20(31-6-27-11-8(24)1-2-26-16(11)31)41-22(15,4-37-14)5-39-45(36,46)42-13(10)19(40-9)32-7-28-12-17(32)29-21(25)30-18(12)33/h1-2,6-7,9-10,13-15,19-20H,3-5H2,(H2,24,26)(H,34,35)(H,36,46)(H3,25,29,30,33)/t9-,10+,13-,14-,15+,19-,20-,22-,45?/m1/s1. The quantitative estimate of drug-likeness (QED) is 0.169. The first-order valence-corrected chi connectivity index (χ1v) is 17.6. The maximum absolute atomic E-state index is 15.9. The van der Waals surface area contributed by atoms with Crippen LogP contribution < -0.4 is 17.0 Å². The molecule has 20 nitrogen and oxygen atoms in total. The number of anilines is 2. The molecule has 4 bridgehead atoms. The monoisotopic (exact) mass is 703 g/mol. The lowest BCUT2D eigenvalue weighted by molar-refractivity contribution is -0.183. The van der Waals surface area contributed by atoms with Crippen LogP contribution in [0.15, 0.2) is 29.7 Å². The highest BCUT2D eigenvalue weighted by atomic mass is 32.5. The minimum Gasteiger partial charge on any atom is -0.397 e. The molecule has 7 N–H and O–H groups in total.